The first-order valence-corrected chi connectivity index (χ1v) is 7.37. The van der Waals surface area contributed by atoms with Crippen molar-refractivity contribution in [1.82, 2.24) is 9.55 Å². The lowest BCUT2D eigenvalue weighted by molar-refractivity contribution is 0.605. The number of aromatic nitrogens is 2. The molecular formula is C16H15ClN2S. The molecule has 0 saturated carbocycles. The minimum Gasteiger partial charge on any atom is -0.331 e. The summed E-state index contributed by atoms with van der Waals surface area (Å²) in [5.41, 5.74) is 3.28. The highest BCUT2D eigenvalue weighted by atomic mass is 35.5. The number of aromatic amines is 1. The maximum absolute atomic E-state index is 6.32. The van der Waals surface area contributed by atoms with E-state index in [2.05, 4.69) is 40.7 Å². The lowest BCUT2D eigenvalue weighted by Gasteiger charge is -2.14. The maximum atomic E-state index is 6.32. The predicted octanol–water partition coefficient (Wildman–Crippen LogP) is 5.16. The second-order valence-corrected chi connectivity index (χ2v) is 5.78. The Balaban J connectivity index is 2.03. The van der Waals surface area contributed by atoms with E-state index in [4.69, 9.17) is 23.8 Å². The van der Waals surface area contributed by atoms with E-state index in [1.165, 1.54) is 5.56 Å². The molecule has 0 aliphatic rings. The van der Waals surface area contributed by atoms with E-state index in [9.17, 15) is 0 Å². The summed E-state index contributed by atoms with van der Waals surface area (Å²) < 4.78 is 2.81. The molecule has 102 valence electrons. The monoisotopic (exact) mass is 302 g/mol. The van der Waals surface area contributed by atoms with Gasteiger partial charge in [0.2, 0.25) is 0 Å². The van der Waals surface area contributed by atoms with Gasteiger partial charge < -0.3 is 9.55 Å². The van der Waals surface area contributed by atoms with Gasteiger partial charge in [0.1, 0.15) is 0 Å². The number of hydrogen-bond acceptors (Lipinski definition) is 1. The largest absolute Gasteiger partial charge is 0.331 e. The molecule has 1 atom stereocenters. The van der Waals surface area contributed by atoms with Crippen LogP contribution in [0.5, 0.6) is 0 Å². The van der Waals surface area contributed by atoms with Crippen LogP contribution >= 0.6 is 23.8 Å². The second-order valence-electron chi connectivity index (χ2n) is 4.99. The van der Waals surface area contributed by atoms with Crippen molar-refractivity contribution in [2.45, 2.75) is 19.4 Å². The summed E-state index contributed by atoms with van der Waals surface area (Å²) in [4.78, 5) is 3.22. The van der Waals surface area contributed by atoms with Crippen molar-refractivity contribution < 1.29 is 0 Å². The molecule has 2 nitrogen and oxygen atoms in total. The Kier molecular flexibility index (Phi) is 3.64. The molecule has 0 spiro atoms. The Hall–Kier alpha value is -1.58. The van der Waals surface area contributed by atoms with Crippen LogP contribution in [0, 0.1) is 4.77 Å². The van der Waals surface area contributed by atoms with Crippen LogP contribution < -0.4 is 0 Å². The fourth-order valence-electron chi connectivity index (χ4n) is 2.51. The summed E-state index contributed by atoms with van der Waals surface area (Å²) >= 11 is 11.7. The predicted molar refractivity (Wildman–Crippen MR) is 87.0 cm³/mol. The first-order chi connectivity index (χ1) is 9.66. The number of halogens is 1. The number of hydrogen-bond donors (Lipinski definition) is 1. The summed E-state index contributed by atoms with van der Waals surface area (Å²) in [6, 6.07) is 16.3. The Bertz CT molecular complexity index is 789. The van der Waals surface area contributed by atoms with Gasteiger partial charge in [-0.3, -0.25) is 0 Å². The van der Waals surface area contributed by atoms with E-state index in [1.54, 1.807) is 0 Å². The SMILES string of the molecule is CC(Cn1c(=S)[nH]c2cccc(Cl)c21)c1ccccc1. The first-order valence-electron chi connectivity index (χ1n) is 6.59. The minimum absolute atomic E-state index is 0.373. The van der Waals surface area contributed by atoms with Crippen molar-refractivity contribution in [2.24, 2.45) is 0 Å². The molecule has 0 aliphatic heterocycles. The zero-order valence-electron chi connectivity index (χ0n) is 11.1. The number of nitrogens with zero attached hydrogens (tertiary/aromatic N) is 1. The second kappa shape index (κ2) is 5.43. The first kappa shape index (κ1) is 13.4. The molecule has 1 aromatic heterocycles. The molecule has 0 bridgehead atoms. The Labute approximate surface area is 128 Å². The fourth-order valence-corrected chi connectivity index (χ4v) is 3.06. The topological polar surface area (TPSA) is 20.7 Å². The summed E-state index contributed by atoms with van der Waals surface area (Å²) in [5, 5.41) is 0.732. The van der Waals surface area contributed by atoms with Gasteiger partial charge in [0, 0.05) is 6.54 Å². The highest BCUT2D eigenvalue weighted by molar-refractivity contribution is 7.71. The van der Waals surface area contributed by atoms with E-state index in [0.717, 1.165) is 27.4 Å². The van der Waals surface area contributed by atoms with Crippen LogP contribution in [0.4, 0.5) is 0 Å². The van der Waals surface area contributed by atoms with Crippen LogP contribution in [0.15, 0.2) is 48.5 Å². The average Bonchev–Trinajstić information content (AvgIpc) is 2.77. The Morgan fingerprint density at radius 1 is 1.15 bits per heavy atom. The van der Waals surface area contributed by atoms with Crippen LogP contribution in [0.25, 0.3) is 11.0 Å². The van der Waals surface area contributed by atoms with E-state index >= 15 is 0 Å². The summed E-state index contributed by atoms with van der Waals surface area (Å²) in [6.07, 6.45) is 0. The molecule has 1 heterocycles. The zero-order valence-corrected chi connectivity index (χ0v) is 12.7. The number of rotatable bonds is 3. The zero-order chi connectivity index (χ0) is 14.1. The summed E-state index contributed by atoms with van der Waals surface area (Å²) in [6.45, 7) is 3.01. The fraction of sp³-hybridized carbons (Fsp3) is 0.188. The van der Waals surface area contributed by atoms with Crippen LogP contribution in [-0.2, 0) is 6.54 Å². The van der Waals surface area contributed by atoms with Gasteiger partial charge >= 0.3 is 0 Å². The molecular weight excluding hydrogens is 288 g/mol. The van der Waals surface area contributed by atoms with Gasteiger partial charge in [-0.2, -0.15) is 0 Å². The number of H-pyrrole nitrogens is 1. The van der Waals surface area contributed by atoms with Crippen molar-refractivity contribution >= 4 is 34.9 Å². The van der Waals surface area contributed by atoms with Gasteiger partial charge in [0.25, 0.3) is 0 Å². The lowest BCUT2D eigenvalue weighted by Crippen LogP contribution is -2.06. The third-order valence-corrected chi connectivity index (χ3v) is 4.20. The minimum atomic E-state index is 0.373. The van der Waals surface area contributed by atoms with Gasteiger partial charge in [-0.1, -0.05) is 54.9 Å². The average molecular weight is 303 g/mol. The highest BCUT2D eigenvalue weighted by Crippen LogP contribution is 2.26. The smallest absolute Gasteiger partial charge is 0.178 e. The maximum Gasteiger partial charge on any atom is 0.178 e. The van der Waals surface area contributed by atoms with Crippen LogP contribution in [0.3, 0.4) is 0 Å². The number of imidazole rings is 1. The Morgan fingerprint density at radius 2 is 1.90 bits per heavy atom. The molecule has 3 aromatic rings. The van der Waals surface area contributed by atoms with Crippen molar-refractivity contribution in [3.05, 3.63) is 63.9 Å². The molecule has 0 aliphatic carbocycles. The molecule has 1 N–H and O–H groups in total. The molecule has 0 amide bonds. The third kappa shape index (κ3) is 2.39. The van der Waals surface area contributed by atoms with Gasteiger partial charge in [-0.05, 0) is 35.8 Å². The van der Waals surface area contributed by atoms with Gasteiger partial charge in [0.05, 0.1) is 16.1 Å². The standard InChI is InChI=1S/C16H15ClN2S/c1-11(12-6-3-2-4-7-12)10-19-15-13(17)8-5-9-14(15)18-16(19)20/h2-9,11H,10H2,1H3,(H,18,20). The number of para-hydroxylation sites is 1. The van der Waals surface area contributed by atoms with Crippen LogP contribution in [0.1, 0.15) is 18.4 Å². The third-order valence-electron chi connectivity index (χ3n) is 3.57. The quantitative estimate of drug-likeness (QED) is 0.663. The lowest BCUT2D eigenvalue weighted by atomic mass is 10.0. The Morgan fingerprint density at radius 3 is 2.65 bits per heavy atom. The van der Waals surface area contributed by atoms with E-state index < -0.39 is 0 Å². The number of nitrogens with one attached hydrogen (secondary N) is 1. The molecule has 3 rings (SSSR count). The molecule has 0 saturated heterocycles. The molecule has 0 radical (unpaired) electrons. The van der Waals surface area contributed by atoms with Gasteiger partial charge in [-0.15, -0.1) is 0 Å². The van der Waals surface area contributed by atoms with E-state index in [1.807, 2.05) is 24.3 Å². The summed E-state index contributed by atoms with van der Waals surface area (Å²) in [5.74, 6) is 0.373. The normalized spacial score (nSPS) is 12.7. The van der Waals surface area contributed by atoms with E-state index in [-0.39, 0.29) is 0 Å². The molecule has 20 heavy (non-hydrogen) atoms. The van der Waals surface area contributed by atoms with Crippen LogP contribution in [-0.4, -0.2) is 9.55 Å². The van der Waals surface area contributed by atoms with Crippen molar-refractivity contribution in [3.63, 3.8) is 0 Å². The van der Waals surface area contributed by atoms with Crippen molar-refractivity contribution in [1.29, 1.82) is 0 Å². The molecule has 0 fully saturated rings. The van der Waals surface area contributed by atoms with Gasteiger partial charge in [0.15, 0.2) is 4.77 Å². The molecule has 4 heteroatoms. The van der Waals surface area contributed by atoms with Crippen molar-refractivity contribution in [3.8, 4) is 0 Å². The van der Waals surface area contributed by atoms with E-state index in [0.29, 0.717) is 5.92 Å². The highest BCUT2D eigenvalue weighted by Gasteiger charge is 2.12. The molecule has 2 aromatic carbocycles. The van der Waals surface area contributed by atoms with Gasteiger partial charge in [-0.25, -0.2) is 0 Å². The number of fused-ring (bicyclic) bond motifs is 1. The number of benzene rings is 2. The van der Waals surface area contributed by atoms with Crippen molar-refractivity contribution in [2.75, 3.05) is 0 Å². The molecule has 1 unspecified atom stereocenters. The van der Waals surface area contributed by atoms with Crippen LogP contribution in [0.2, 0.25) is 5.02 Å². The summed E-state index contributed by atoms with van der Waals surface area (Å²) in [7, 11) is 0.